The Morgan fingerprint density at radius 3 is 2.71 bits per heavy atom. The first kappa shape index (κ1) is 21.1. The largest absolute Gasteiger partial charge is 0.352 e. The number of pyridine rings is 1. The fourth-order valence-corrected chi connectivity index (χ4v) is 4.01. The molecule has 31 heavy (non-hydrogen) atoms. The van der Waals surface area contributed by atoms with Gasteiger partial charge in [0.25, 0.3) is 5.91 Å². The summed E-state index contributed by atoms with van der Waals surface area (Å²) in [6.45, 7) is 8.81. The van der Waals surface area contributed by atoms with Gasteiger partial charge in [0.05, 0.1) is 11.1 Å². The monoisotopic (exact) mass is 421 g/mol. The van der Waals surface area contributed by atoms with Gasteiger partial charge in [-0.25, -0.2) is 9.97 Å². The maximum Gasteiger partial charge on any atom is 0.253 e. The molecule has 3 aromatic rings. The van der Waals surface area contributed by atoms with E-state index in [9.17, 15) is 4.79 Å². The molecule has 1 fully saturated rings. The van der Waals surface area contributed by atoms with Crippen molar-refractivity contribution in [2.45, 2.75) is 52.5 Å². The topological polar surface area (TPSA) is 88.0 Å². The van der Waals surface area contributed by atoms with Gasteiger partial charge in [-0.05, 0) is 45.6 Å². The molecule has 8 heteroatoms. The van der Waals surface area contributed by atoms with Crippen LogP contribution in [0.4, 0.5) is 17.6 Å². The van der Waals surface area contributed by atoms with Crippen LogP contribution in [0, 0.1) is 0 Å². The molecule has 4 rings (SSSR count). The number of amides is 1. The summed E-state index contributed by atoms with van der Waals surface area (Å²) in [6.07, 6.45) is 10.1. The van der Waals surface area contributed by atoms with Gasteiger partial charge in [0, 0.05) is 55.7 Å². The molecule has 1 aliphatic rings. The Bertz CT molecular complexity index is 1060. The van der Waals surface area contributed by atoms with Crippen molar-refractivity contribution in [2.24, 2.45) is 0 Å². The summed E-state index contributed by atoms with van der Waals surface area (Å²) in [4.78, 5) is 28.5. The molecule has 0 aliphatic carbocycles. The van der Waals surface area contributed by atoms with Crippen molar-refractivity contribution in [3.8, 4) is 0 Å². The molecule has 1 unspecified atom stereocenters. The van der Waals surface area contributed by atoms with Crippen LogP contribution in [-0.4, -0.2) is 45.1 Å². The maximum atomic E-state index is 12.6. The third kappa shape index (κ3) is 4.47. The van der Waals surface area contributed by atoms with Crippen LogP contribution >= 0.6 is 0 Å². The average molecular weight is 422 g/mol. The van der Waals surface area contributed by atoms with E-state index >= 15 is 0 Å². The zero-order chi connectivity index (χ0) is 21.8. The van der Waals surface area contributed by atoms with Gasteiger partial charge in [-0.1, -0.05) is 6.92 Å². The minimum atomic E-state index is -0.0703. The summed E-state index contributed by atoms with van der Waals surface area (Å²) in [5.74, 6) is 2.10. The third-order valence-electron chi connectivity index (χ3n) is 5.90. The summed E-state index contributed by atoms with van der Waals surface area (Å²) < 4.78 is 2.16. The van der Waals surface area contributed by atoms with Gasteiger partial charge >= 0.3 is 0 Å². The molecule has 1 aliphatic heterocycles. The van der Waals surface area contributed by atoms with Crippen molar-refractivity contribution in [3.63, 3.8) is 0 Å². The summed E-state index contributed by atoms with van der Waals surface area (Å²) >= 11 is 0. The minimum absolute atomic E-state index is 0.0703. The van der Waals surface area contributed by atoms with Crippen molar-refractivity contribution in [2.75, 3.05) is 29.9 Å². The lowest BCUT2D eigenvalue weighted by atomic mass is 10.1. The molecular weight excluding hydrogens is 390 g/mol. The highest BCUT2D eigenvalue weighted by molar-refractivity contribution is 6.07. The third-order valence-corrected chi connectivity index (χ3v) is 5.90. The Hall–Kier alpha value is -3.16. The Morgan fingerprint density at radius 1 is 1.16 bits per heavy atom. The number of carbonyl (C=O) groups excluding carboxylic acids is 1. The molecule has 8 nitrogen and oxygen atoms in total. The zero-order valence-corrected chi connectivity index (χ0v) is 18.6. The van der Waals surface area contributed by atoms with Gasteiger partial charge in [-0.3, -0.25) is 4.79 Å². The molecule has 0 radical (unpaired) electrons. The lowest BCUT2D eigenvalue weighted by Crippen LogP contribution is -2.31. The van der Waals surface area contributed by atoms with E-state index in [-0.39, 0.29) is 11.9 Å². The highest BCUT2D eigenvalue weighted by atomic mass is 16.1. The second-order valence-corrected chi connectivity index (χ2v) is 8.07. The number of hydrogen-bond acceptors (Lipinski definition) is 6. The molecule has 0 bridgehead atoms. The smallest absolute Gasteiger partial charge is 0.253 e. The van der Waals surface area contributed by atoms with E-state index in [0.717, 1.165) is 36.4 Å². The SMILES string of the molecule is CCNC(=O)c1cn(C(C)CC)c2cc(Nc3ccnc(N4CCCCC4)n3)ncc12. The number of aromatic nitrogens is 4. The van der Waals surface area contributed by atoms with E-state index < -0.39 is 0 Å². The number of carbonyl (C=O) groups is 1. The average Bonchev–Trinajstić information content (AvgIpc) is 3.18. The van der Waals surface area contributed by atoms with Gasteiger partial charge in [-0.2, -0.15) is 4.98 Å². The minimum Gasteiger partial charge on any atom is -0.352 e. The molecular formula is C23H31N7O. The van der Waals surface area contributed by atoms with Crippen LogP contribution in [0.1, 0.15) is 62.9 Å². The molecule has 0 spiro atoms. The number of rotatable bonds is 7. The van der Waals surface area contributed by atoms with Gasteiger partial charge in [-0.15, -0.1) is 0 Å². The van der Waals surface area contributed by atoms with Crippen LogP contribution < -0.4 is 15.5 Å². The summed E-state index contributed by atoms with van der Waals surface area (Å²) in [7, 11) is 0. The maximum absolute atomic E-state index is 12.6. The second-order valence-electron chi connectivity index (χ2n) is 8.07. The number of nitrogens with one attached hydrogen (secondary N) is 2. The Kier molecular flexibility index (Phi) is 6.34. The van der Waals surface area contributed by atoms with E-state index in [1.807, 2.05) is 25.3 Å². The lowest BCUT2D eigenvalue weighted by Gasteiger charge is -2.26. The number of fused-ring (bicyclic) bond motifs is 1. The molecule has 0 aromatic carbocycles. The van der Waals surface area contributed by atoms with Crippen molar-refractivity contribution >= 4 is 34.4 Å². The predicted molar refractivity (Wildman–Crippen MR) is 124 cm³/mol. The van der Waals surface area contributed by atoms with Crippen LogP contribution in [0.2, 0.25) is 0 Å². The molecule has 1 atom stereocenters. The van der Waals surface area contributed by atoms with Crippen molar-refractivity contribution < 1.29 is 4.79 Å². The van der Waals surface area contributed by atoms with Gasteiger partial charge in [0.2, 0.25) is 5.95 Å². The number of anilines is 3. The van der Waals surface area contributed by atoms with Crippen molar-refractivity contribution in [3.05, 3.63) is 36.3 Å². The van der Waals surface area contributed by atoms with Gasteiger partial charge in [0.1, 0.15) is 11.6 Å². The molecule has 3 aromatic heterocycles. The van der Waals surface area contributed by atoms with Gasteiger partial charge < -0.3 is 20.1 Å². The first-order valence-corrected chi connectivity index (χ1v) is 11.2. The van der Waals surface area contributed by atoms with E-state index in [1.54, 1.807) is 12.4 Å². The number of hydrogen-bond donors (Lipinski definition) is 2. The van der Waals surface area contributed by atoms with Crippen LogP contribution in [0.15, 0.2) is 30.7 Å². The van der Waals surface area contributed by atoms with Crippen LogP contribution in [0.25, 0.3) is 10.9 Å². The van der Waals surface area contributed by atoms with Crippen molar-refractivity contribution in [1.29, 1.82) is 0 Å². The quantitative estimate of drug-likeness (QED) is 0.592. The van der Waals surface area contributed by atoms with Crippen molar-refractivity contribution in [1.82, 2.24) is 24.8 Å². The first-order valence-electron chi connectivity index (χ1n) is 11.2. The van der Waals surface area contributed by atoms with Crippen LogP contribution in [-0.2, 0) is 0 Å². The standard InChI is InChI=1S/C23H31N7O/c1-4-16(3)30-15-18(22(31)24-5-2)17-14-26-21(13-19(17)30)27-20-9-10-25-23(28-20)29-11-7-6-8-12-29/h9-10,13-16H,4-8,11-12H2,1-3H3,(H,24,31)(H,25,26,27,28). The molecule has 164 valence electrons. The first-order chi connectivity index (χ1) is 15.1. The molecule has 1 saturated heterocycles. The van der Waals surface area contributed by atoms with E-state index in [4.69, 9.17) is 4.98 Å². The molecule has 4 heterocycles. The fourth-order valence-electron chi connectivity index (χ4n) is 4.01. The summed E-state index contributed by atoms with van der Waals surface area (Å²) in [5.41, 5.74) is 1.64. The Balaban J connectivity index is 1.65. The molecule has 0 saturated carbocycles. The summed E-state index contributed by atoms with van der Waals surface area (Å²) in [6, 6.07) is 4.12. The van der Waals surface area contributed by atoms with E-state index in [1.165, 1.54) is 19.3 Å². The van der Waals surface area contributed by atoms with Crippen LogP contribution in [0.5, 0.6) is 0 Å². The molecule has 1 amide bonds. The fraction of sp³-hybridized carbons (Fsp3) is 0.478. The second kappa shape index (κ2) is 9.32. The Morgan fingerprint density at radius 2 is 1.97 bits per heavy atom. The van der Waals surface area contributed by atoms with Gasteiger partial charge in [0.15, 0.2) is 0 Å². The van der Waals surface area contributed by atoms with Crippen LogP contribution in [0.3, 0.4) is 0 Å². The highest BCUT2D eigenvalue weighted by Crippen LogP contribution is 2.28. The highest BCUT2D eigenvalue weighted by Gasteiger charge is 2.18. The summed E-state index contributed by atoms with van der Waals surface area (Å²) in [5, 5.41) is 7.07. The normalized spacial score (nSPS) is 15.1. The number of nitrogens with zero attached hydrogens (tertiary/aromatic N) is 5. The number of piperidine rings is 1. The molecule has 2 N–H and O–H groups in total. The van der Waals surface area contributed by atoms with E-state index in [0.29, 0.717) is 23.7 Å². The lowest BCUT2D eigenvalue weighted by molar-refractivity contribution is 0.0957. The Labute approximate surface area is 183 Å². The zero-order valence-electron chi connectivity index (χ0n) is 18.6. The predicted octanol–water partition coefficient (Wildman–Crippen LogP) is 4.28. The van der Waals surface area contributed by atoms with E-state index in [2.05, 4.69) is 43.9 Å².